The van der Waals surface area contributed by atoms with Crippen LogP contribution in [0, 0.1) is 0 Å². The van der Waals surface area contributed by atoms with E-state index in [1.807, 2.05) is 42.6 Å². The minimum atomic E-state index is -0.0884. The fourth-order valence-electron chi connectivity index (χ4n) is 2.99. The lowest BCUT2D eigenvalue weighted by molar-refractivity contribution is 0.0960. The Morgan fingerprint density at radius 3 is 2.89 bits per heavy atom. The standard InChI is InChI=1S/C14H11N3O2/c18-14-10-5-2-1-4-9(10)13-8-11(15-19)12-6-3-7-16(12)17(13)14/h1-7,13,19H,8H2/b15-11+/t13-/m0/s1. The molecule has 19 heavy (non-hydrogen) atoms. The molecular weight excluding hydrogens is 242 g/mol. The van der Waals surface area contributed by atoms with E-state index in [0.717, 1.165) is 16.8 Å². The number of nitrogens with zero attached hydrogens (tertiary/aromatic N) is 3. The molecule has 2 aromatic rings. The van der Waals surface area contributed by atoms with E-state index in [1.165, 1.54) is 0 Å². The molecule has 1 aromatic heterocycles. The summed E-state index contributed by atoms with van der Waals surface area (Å²) in [5.74, 6) is -0.00459. The van der Waals surface area contributed by atoms with Gasteiger partial charge in [-0.05, 0) is 23.8 Å². The number of amides is 1. The molecule has 5 heteroatoms. The van der Waals surface area contributed by atoms with Gasteiger partial charge in [-0.2, -0.15) is 0 Å². The SMILES string of the molecule is O=C1c2ccccc2[C@@H]2C/C(=N\O)c3cccn3N12. The molecule has 0 fully saturated rings. The van der Waals surface area contributed by atoms with Crippen molar-refractivity contribution in [2.24, 2.45) is 5.16 Å². The van der Waals surface area contributed by atoms with E-state index in [2.05, 4.69) is 5.16 Å². The van der Waals surface area contributed by atoms with Gasteiger partial charge in [0.25, 0.3) is 5.91 Å². The Hall–Kier alpha value is -2.56. The molecule has 0 saturated heterocycles. The summed E-state index contributed by atoms with van der Waals surface area (Å²) in [6.07, 6.45) is 2.35. The monoisotopic (exact) mass is 253 g/mol. The van der Waals surface area contributed by atoms with Gasteiger partial charge in [-0.1, -0.05) is 23.4 Å². The van der Waals surface area contributed by atoms with E-state index in [4.69, 9.17) is 5.21 Å². The zero-order chi connectivity index (χ0) is 13.0. The molecule has 3 heterocycles. The zero-order valence-corrected chi connectivity index (χ0v) is 10.0. The van der Waals surface area contributed by atoms with Crippen LogP contribution in [0.1, 0.15) is 34.1 Å². The second-order valence-electron chi connectivity index (χ2n) is 4.74. The summed E-state index contributed by atoms with van der Waals surface area (Å²) in [6, 6.07) is 11.2. The van der Waals surface area contributed by atoms with Crippen molar-refractivity contribution in [1.29, 1.82) is 0 Å². The first-order valence-corrected chi connectivity index (χ1v) is 6.12. The smallest absolute Gasteiger partial charge is 0.273 e. The summed E-state index contributed by atoms with van der Waals surface area (Å²) < 4.78 is 1.77. The van der Waals surface area contributed by atoms with Crippen molar-refractivity contribution in [3.63, 3.8) is 0 Å². The Kier molecular flexibility index (Phi) is 1.90. The summed E-state index contributed by atoms with van der Waals surface area (Å²) in [6.45, 7) is 0. The van der Waals surface area contributed by atoms with Gasteiger partial charge in [0.15, 0.2) is 0 Å². The fraction of sp³-hybridized carbons (Fsp3) is 0.143. The first kappa shape index (κ1) is 10.4. The Labute approximate surface area is 109 Å². The van der Waals surface area contributed by atoms with Crippen LogP contribution in [0.25, 0.3) is 0 Å². The maximum Gasteiger partial charge on any atom is 0.273 e. The average molecular weight is 253 g/mol. The molecule has 0 radical (unpaired) electrons. The Bertz CT molecular complexity index is 717. The first-order chi connectivity index (χ1) is 9.31. The molecule has 1 amide bonds. The van der Waals surface area contributed by atoms with E-state index in [9.17, 15) is 4.79 Å². The van der Waals surface area contributed by atoms with Crippen molar-refractivity contribution in [3.8, 4) is 0 Å². The van der Waals surface area contributed by atoms with Gasteiger partial charge in [0.1, 0.15) is 5.71 Å². The van der Waals surface area contributed by atoms with E-state index in [-0.39, 0.29) is 11.9 Å². The van der Waals surface area contributed by atoms with Crippen LogP contribution < -0.4 is 5.01 Å². The molecule has 0 aliphatic carbocycles. The van der Waals surface area contributed by atoms with Gasteiger partial charge >= 0.3 is 0 Å². The predicted octanol–water partition coefficient (Wildman–Crippen LogP) is 1.90. The number of aromatic nitrogens is 1. The van der Waals surface area contributed by atoms with Crippen LogP contribution in [0.15, 0.2) is 47.8 Å². The van der Waals surface area contributed by atoms with Crippen LogP contribution in [0.2, 0.25) is 0 Å². The Morgan fingerprint density at radius 2 is 2.05 bits per heavy atom. The minimum Gasteiger partial charge on any atom is -0.411 e. The van der Waals surface area contributed by atoms with Crippen molar-refractivity contribution >= 4 is 11.6 Å². The molecule has 0 unspecified atom stereocenters. The normalized spacial score (nSPS) is 22.3. The number of carbonyl (C=O) groups excluding carboxylic acids is 1. The van der Waals surface area contributed by atoms with Crippen molar-refractivity contribution in [2.45, 2.75) is 12.5 Å². The van der Waals surface area contributed by atoms with Gasteiger partial charge in [0.05, 0.1) is 11.7 Å². The van der Waals surface area contributed by atoms with Gasteiger partial charge in [0, 0.05) is 18.2 Å². The molecule has 2 aliphatic rings. The van der Waals surface area contributed by atoms with Gasteiger partial charge in [-0.3, -0.25) is 9.47 Å². The lowest BCUT2D eigenvalue weighted by atomic mass is 9.98. The van der Waals surface area contributed by atoms with E-state index in [1.54, 1.807) is 9.69 Å². The second kappa shape index (κ2) is 3.47. The third-order valence-electron chi connectivity index (χ3n) is 3.82. The number of hydrogen-bond donors (Lipinski definition) is 1. The van der Waals surface area contributed by atoms with Crippen LogP contribution in [-0.4, -0.2) is 21.5 Å². The molecular formula is C14H11N3O2. The fourth-order valence-corrected chi connectivity index (χ4v) is 2.99. The van der Waals surface area contributed by atoms with E-state index < -0.39 is 0 Å². The molecule has 0 saturated carbocycles. The summed E-state index contributed by atoms with van der Waals surface area (Å²) in [7, 11) is 0. The number of oxime groups is 1. The van der Waals surface area contributed by atoms with Crippen LogP contribution >= 0.6 is 0 Å². The number of carbonyl (C=O) groups is 1. The third kappa shape index (κ3) is 1.19. The molecule has 1 atom stereocenters. The van der Waals surface area contributed by atoms with Crippen molar-refractivity contribution in [1.82, 2.24) is 4.68 Å². The Balaban J connectivity index is 1.97. The van der Waals surface area contributed by atoms with Crippen molar-refractivity contribution < 1.29 is 10.0 Å². The highest BCUT2D eigenvalue weighted by molar-refractivity contribution is 6.11. The van der Waals surface area contributed by atoms with Crippen LogP contribution in [0.4, 0.5) is 0 Å². The molecule has 5 nitrogen and oxygen atoms in total. The third-order valence-corrected chi connectivity index (χ3v) is 3.82. The molecule has 2 aliphatic heterocycles. The molecule has 0 bridgehead atoms. The van der Waals surface area contributed by atoms with Gasteiger partial charge < -0.3 is 5.21 Å². The molecule has 0 spiro atoms. The largest absolute Gasteiger partial charge is 0.411 e. The van der Waals surface area contributed by atoms with Crippen molar-refractivity contribution in [3.05, 3.63) is 59.4 Å². The van der Waals surface area contributed by atoms with Crippen LogP contribution in [-0.2, 0) is 0 Å². The lowest BCUT2D eigenvalue weighted by Gasteiger charge is -2.32. The topological polar surface area (TPSA) is 57.8 Å². The average Bonchev–Trinajstić information content (AvgIpc) is 3.02. The number of fused-ring (bicyclic) bond motifs is 5. The quantitative estimate of drug-likeness (QED) is 0.576. The lowest BCUT2D eigenvalue weighted by Crippen LogP contribution is -2.44. The number of hydrogen-bond acceptors (Lipinski definition) is 3. The highest BCUT2D eigenvalue weighted by Crippen LogP contribution is 2.38. The minimum absolute atomic E-state index is 0.00459. The second-order valence-corrected chi connectivity index (χ2v) is 4.74. The predicted molar refractivity (Wildman–Crippen MR) is 69.1 cm³/mol. The summed E-state index contributed by atoms with van der Waals surface area (Å²) in [5.41, 5.74) is 3.09. The molecule has 4 rings (SSSR count). The molecule has 1 N–H and O–H groups in total. The maximum absolute atomic E-state index is 12.5. The number of rotatable bonds is 0. The van der Waals surface area contributed by atoms with E-state index >= 15 is 0 Å². The summed E-state index contributed by atoms with van der Waals surface area (Å²) >= 11 is 0. The van der Waals surface area contributed by atoms with E-state index in [0.29, 0.717) is 12.1 Å². The van der Waals surface area contributed by atoms with Gasteiger partial charge in [-0.15, -0.1) is 0 Å². The van der Waals surface area contributed by atoms with Gasteiger partial charge in [-0.25, -0.2) is 5.01 Å². The summed E-state index contributed by atoms with van der Waals surface area (Å²) in [4.78, 5) is 12.5. The Morgan fingerprint density at radius 1 is 1.21 bits per heavy atom. The van der Waals surface area contributed by atoms with Crippen LogP contribution in [0.3, 0.4) is 0 Å². The van der Waals surface area contributed by atoms with Gasteiger partial charge in [0.2, 0.25) is 0 Å². The molecule has 1 aromatic carbocycles. The van der Waals surface area contributed by atoms with Crippen molar-refractivity contribution in [2.75, 3.05) is 5.01 Å². The highest BCUT2D eigenvalue weighted by Gasteiger charge is 2.42. The molecule has 94 valence electrons. The zero-order valence-electron chi connectivity index (χ0n) is 10.0. The summed E-state index contributed by atoms with van der Waals surface area (Å²) in [5, 5.41) is 14.3. The van der Waals surface area contributed by atoms with Crippen LogP contribution in [0.5, 0.6) is 0 Å². The first-order valence-electron chi connectivity index (χ1n) is 6.12. The number of benzene rings is 1. The maximum atomic E-state index is 12.5. The highest BCUT2D eigenvalue weighted by atomic mass is 16.4.